The van der Waals surface area contributed by atoms with Gasteiger partial charge in [0.1, 0.15) is 5.75 Å². The fourth-order valence-corrected chi connectivity index (χ4v) is 2.77. The van der Waals surface area contributed by atoms with Crippen molar-refractivity contribution in [1.29, 1.82) is 0 Å². The van der Waals surface area contributed by atoms with Crippen LogP contribution in [-0.2, 0) is 10.8 Å². The van der Waals surface area contributed by atoms with Crippen LogP contribution in [0.15, 0.2) is 24.3 Å². The minimum Gasteiger partial charge on any atom is -0.497 e. The lowest BCUT2D eigenvalue weighted by Crippen LogP contribution is -2.31. The van der Waals surface area contributed by atoms with Crippen molar-refractivity contribution in [3.05, 3.63) is 29.8 Å². The van der Waals surface area contributed by atoms with Gasteiger partial charge in [0.15, 0.2) is 0 Å². The Morgan fingerprint density at radius 1 is 1.39 bits per heavy atom. The van der Waals surface area contributed by atoms with E-state index in [0.717, 1.165) is 11.3 Å². The summed E-state index contributed by atoms with van der Waals surface area (Å²) in [5.41, 5.74) is 1.11. The molecule has 0 fully saturated rings. The average molecular weight is 269 g/mol. The van der Waals surface area contributed by atoms with Crippen LogP contribution in [0.1, 0.15) is 32.4 Å². The third-order valence-electron chi connectivity index (χ3n) is 2.85. The van der Waals surface area contributed by atoms with Gasteiger partial charge in [-0.1, -0.05) is 12.1 Å². The Kier molecular flexibility index (Phi) is 5.35. The van der Waals surface area contributed by atoms with Gasteiger partial charge in [-0.05, 0) is 45.5 Å². The smallest absolute Gasteiger partial charge is 0.119 e. The molecule has 3 nitrogen and oxygen atoms in total. The number of nitrogens with one attached hydrogen (secondary N) is 1. The zero-order chi connectivity index (χ0) is 13.8. The van der Waals surface area contributed by atoms with E-state index in [2.05, 4.69) is 5.32 Å². The highest BCUT2D eigenvalue weighted by Crippen LogP contribution is 2.22. The van der Waals surface area contributed by atoms with Crippen LogP contribution < -0.4 is 10.1 Å². The normalized spacial score (nSPS) is 15.2. The third-order valence-corrected chi connectivity index (χ3v) is 4.85. The number of ether oxygens (including phenoxy) is 1. The Morgan fingerprint density at radius 3 is 2.56 bits per heavy atom. The summed E-state index contributed by atoms with van der Waals surface area (Å²) in [7, 11) is 2.67. The van der Waals surface area contributed by atoms with Crippen molar-refractivity contribution >= 4 is 10.8 Å². The Bertz CT molecular complexity index is 413. The van der Waals surface area contributed by atoms with Crippen LogP contribution in [-0.4, -0.2) is 28.9 Å². The molecule has 0 saturated heterocycles. The summed E-state index contributed by atoms with van der Waals surface area (Å²) in [6.07, 6.45) is 0. The van der Waals surface area contributed by atoms with Crippen LogP contribution in [0.25, 0.3) is 0 Å². The highest BCUT2D eigenvalue weighted by atomic mass is 32.2. The van der Waals surface area contributed by atoms with Gasteiger partial charge in [0, 0.05) is 27.3 Å². The molecule has 1 aromatic carbocycles. The highest BCUT2D eigenvalue weighted by Gasteiger charge is 2.23. The van der Waals surface area contributed by atoms with Crippen LogP contribution in [0.4, 0.5) is 0 Å². The molecule has 0 aromatic heterocycles. The lowest BCUT2D eigenvalue weighted by Gasteiger charge is -2.23. The molecule has 0 bridgehead atoms. The molecule has 0 aliphatic carbocycles. The molecule has 0 aliphatic rings. The summed E-state index contributed by atoms with van der Waals surface area (Å²) in [6.45, 7) is 6.00. The Hall–Kier alpha value is -0.870. The summed E-state index contributed by atoms with van der Waals surface area (Å²) < 4.78 is 17.2. The molecule has 2 atom stereocenters. The van der Waals surface area contributed by atoms with Gasteiger partial charge in [0.2, 0.25) is 0 Å². The number of rotatable bonds is 5. The quantitative estimate of drug-likeness (QED) is 0.892. The molecule has 2 unspecified atom stereocenters. The fourth-order valence-electron chi connectivity index (χ4n) is 1.61. The van der Waals surface area contributed by atoms with Crippen molar-refractivity contribution < 1.29 is 8.95 Å². The third kappa shape index (κ3) is 4.10. The fraction of sp³-hybridized carbons (Fsp3) is 0.571. The van der Waals surface area contributed by atoms with E-state index in [-0.39, 0.29) is 10.8 Å². The molecule has 0 heterocycles. The number of hydrogen-bond acceptors (Lipinski definition) is 3. The second kappa shape index (κ2) is 6.34. The van der Waals surface area contributed by atoms with E-state index in [1.807, 2.05) is 52.1 Å². The molecule has 0 amide bonds. The van der Waals surface area contributed by atoms with Crippen molar-refractivity contribution in [2.45, 2.75) is 31.6 Å². The van der Waals surface area contributed by atoms with Crippen molar-refractivity contribution in [3.8, 4) is 5.75 Å². The highest BCUT2D eigenvalue weighted by molar-refractivity contribution is 7.86. The summed E-state index contributed by atoms with van der Waals surface area (Å²) >= 11 is 0. The molecule has 1 N–H and O–H groups in total. The van der Waals surface area contributed by atoms with E-state index >= 15 is 0 Å². The zero-order valence-electron chi connectivity index (χ0n) is 11.8. The van der Waals surface area contributed by atoms with Gasteiger partial charge in [-0.3, -0.25) is 4.21 Å². The van der Waals surface area contributed by atoms with E-state index in [1.54, 1.807) is 7.11 Å². The Labute approximate surface area is 112 Å². The standard InChI is InChI=1S/C14H23NO2S/c1-14(2,3)18(16)10-13(15-4)11-7-6-8-12(9-11)17-5/h6-9,13,15H,10H2,1-5H3. The van der Waals surface area contributed by atoms with Gasteiger partial charge in [0.25, 0.3) is 0 Å². The first-order valence-electron chi connectivity index (χ1n) is 6.08. The van der Waals surface area contributed by atoms with Gasteiger partial charge < -0.3 is 10.1 Å². The van der Waals surface area contributed by atoms with E-state index in [4.69, 9.17) is 4.74 Å². The summed E-state index contributed by atoms with van der Waals surface area (Å²) in [4.78, 5) is 0. The molecule has 0 saturated carbocycles. The van der Waals surface area contributed by atoms with Crippen LogP contribution >= 0.6 is 0 Å². The molecular weight excluding hydrogens is 246 g/mol. The maximum absolute atomic E-state index is 12.2. The van der Waals surface area contributed by atoms with Crippen molar-refractivity contribution in [3.63, 3.8) is 0 Å². The molecule has 0 aliphatic heterocycles. The van der Waals surface area contributed by atoms with Crippen molar-refractivity contribution in [2.24, 2.45) is 0 Å². The topological polar surface area (TPSA) is 38.3 Å². The Balaban J connectivity index is 2.86. The van der Waals surface area contributed by atoms with Crippen LogP contribution in [0, 0.1) is 0 Å². The van der Waals surface area contributed by atoms with E-state index in [9.17, 15) is 4.21 Å². The largest absolute Gasteiger partial charge is 0.497 e. The second-order valence-electron chi connectivity index (χ2n) is 5.24. The summed E-state index contributed by atoms with van der Waals surface area (Å²) in [6, 6.07) is 7.97. The van der Waals surface area contributed by atoms with Gasteiger partial charge >= 0.3 is 0 Å². The van der Waals surface area contributed by atoms with Gasteiger partial charge in [-0.15, -0.1) is 0 Å². The lowest BCUT2D eigenvalue weighted by molar-refractivity contribution is 0.413. The van der Waals surface area contributed by atoms with Crippen LogP contribution in [0.3, 0.4) is 0 Å². The molecule has 1 rings (SSSR count). The van der Waals surface area contributed by atoms with E-state index in [1.165, 1.54) is 0 Å². The first-order valence-corrected chi connectivity index (χ1v) is 7.40. The van der Waals surface area contributed by atoms with Crippen molar-refractivity contribution in [2.75, 3.05) is 19.9 Å². The molecular formula is C14H23NO2S. The number of methoxy groups -OCH3 is 1. The lowest BCUT2D eigenvalue weighted by atomic mass is 10.1. The minimum atomic E-state index is -0.880. The van der Waals surface area contributed by atoms with E-state index in [0.29, 0.717) is 5.75 Å². The van der Waals surface area contributed by atoms with E-state index < -0.39 is 10.8 Å². The van der Waals surface area contributed by atoms with Crippen molar-refractivity contribution in [1.82, 2.24) is 5.32 Å². The molecule has 0 radical (unpaired) electrons. The maximum atomic E-state index is 12.2. The first kappa shape index (κ1) is 15.2. The summed E-state index contributed by atoms with van der Waals surface area (Å²) in [5.74, 6) is 1.43. The SMILES string of the molecule is CNC(CS(=O)C(C)(C)C)c1cccc(OC)c1. The second-order valence-corrected chi connectivity index (χ2v) is 7.49. The average Bonchev–Trinajstić information content (AvgIpc) is 2.34. The number of benzene rings is 1. The van der Waals surface area contributed by atoms with Gasteiger partial charge in [-0.25, -0.2) is 0 Å². The molecule has 102 valence electrons. The predicted molar refractivity (Wildman–Crippen MR) is 77.6 cm³/mol. The monoisotopic (exact) mass is 269 g/mol. The predicted octanol–water partition coefficient (Wildman–Crippen LogP) is 2.50. The van der Waals surface area contributed by atoms with Gasteiger partial charge in [0.05, 0.1) is 7.11 Å². The Morgan fingerprint density at radius 2 is 2.06 bits per heavy atom. The molecule has 0 spiro atoms. The summed E-state index contributed by atoms with van der Waals surface area (Å²) in [5, 5.41) is 3.22. The maximum Gasteiger partial charge on any atom is 0.119 e. The van der Waals surface area contributed by atoms with Crippen LogP contribution in [0.2, 0.25) is 0 Å². The molecule has 18 heavy (non-hydrogen) atoms. The number of hydrogen-bond donors (Lipinski definition) is 1. The van der Waals surface area contributed by atoms with Crippen LogP contribution in [0.5, 0.6) is 5.75 Å². The molecule has 4 heteroatoms. The first-order chi connectivity index (χ1) is 8.38. The zero-order valence-corrected chi connectivity index (χ0v) is 12.6. The molecule has 1 aromatic rings. The van der Waals surface area contributed by atoms with Gasteiger partial charge in [-0.2, -0.15) is 0 Å². The minimum absolute atomic E-state index is 0.0835.